The number of benzene rings is 3. The molecule has 0 aliphatic carbocycles. The molecule has 2 heterocycles. The van der Waals surface area contributed by atoms with Gasteiger partial charge in [-0.15, -0.1) is 0 Å². The zero-order chi connectivity index (χ0) is 25.2. The Morgan fingerprint density at radius 3 is 2.58 bits per heavy atom. The zero-order valence-electron chi connectivity index (χ0n) is 20.6. The number of aromatic nitrogens is 3. The molecule has 0 aliphatic rings. The number of ether oxygens (including phenoxy) is 2. The first kappa shape index (κ1) is 23.6. The summed E-state index contributed by atoms with van der Waals surface area (Å²) in [5.74, 6) is 0.207. The van der Waals surface area contributed by atoms with Gasteiger partial charge in [0, 0.05) is 16.8 Å². The molecule has 0 aliphatic heterocycles. The smallest absolute Gasteiger partial charge is 0.340 e. The minimum atomic E-state index is -0.735. The molecule has 7 nitrogen and oxygen atoms in total. The van der Waals surface area contributed by atoms with Gasteiger partial charge >= 0.3 is 5.97 Å². The molecule has 0 saturated carbocycles. The molecule has 3 aromatic carbocycles. The van der Waals surface area contributed by atoms with Gasteiger partial charge in [0.1, 0.15) is 18.5 Å². The van der Waals surface area contributed by atoms with Crippen molar-refractivity contribution >= 4 is 27.9 Å². The summed E-state index contributed by atoms with van der Waals surface area (Å²) in [6, 6.07) is 21.6. The molecule has 0 radical (unpaired) electrons. The Morgan fingerprint density at radius 1 is 1.03 bits per heavy atom. The molecule has 0 amide bonds. The molecular formula is C29H29N3O4. The van der Waals surface area contributed by atoms with E-state index in [1.807, 2.05) is 85.1 Å². The number of para-hydroxylation sites is 2. The van der Waals surface area contributed by atoms with Gasteiger partial charge in [0.2, 0.25) is 0 Å². The Morgan fingerprint density at radius 2 is 1.81 bits per heavy atom. The minimum absolute atomic E-state index is 0.102. The number of hydrogen-bond acceptors (Lipinski definition) is 5. The van der Waals surface area contributed by atoms with Crippen molar-refractivity contribution in [3.8, 4) is 11.4 Å². The van der Waals surface area contributed by atoms with Crippen LogP contribution in [0.1, 0.15) is 28.5 Å². The van der Waals surface area contributed by atoms with Crippen LogP contribution in [-0.2, 0) is 11.3 Å². The van der Waals surface area contributed by atoms with Crippen molar-refractivity contribution in [2.24, 2.45) is 0 Å². The van der Waals surface area contributed by atoms with E-state index in [1.165, 1.54) is 0 Å². The second-order valence-corrected chi connectivity index (χ2v) is 8.88. The molecule has 0 fully saturated rings. The molecule has 1 unspecified atom stereocenters. The molecule has 5 rings (SSSR count). The van der Waals surface area contributed by atoms with Crippen molar-refractivity contribution in [1.82, 2.24) is 14.1 Å². The number of aryl methyl sites for hydroxylation is 1. The van der Waals surface area contributed by atoms with E-state index in [9.17, 15) is 9.90 Å². The second-order valence-electron chi connectivity index (χ2n) is 8.88. The van der Waals surface area contributed by atoms with Crippen molar-refractivity contribution in [3.63, 3.8) is 0 Å². The van der Waals surface area contributed by atoms with E-state index in [1.54, 1.807) is 13.3 Å². The first-order valence-electron chi connectivity index (χ1n) is 12.1. The number of rotatable bonds is 8. The van der Waals surface area contributed by atoms with Gasteiger partial charge < -0.3 is 23.7 Å². The maximum Gasteiger partial charge on any atom is 0.340 e. The molecule has 184 valence electrons. The highest BCUT2D eigenvalue weighted by Gasteiger charge is 2.22. The standard InChI is InChI=1S/C29H29N3O4/c1-4-35-29(34)28-20(3)32(21-11-9-19(2)10-12-21)26-14-13-23(15-24(26)28)36-17-22(33)16-31-18-30-25-7-5-6-8-27(25)31/h5-15,18,22,33H,4,16-17H2,1-3H3. The number of aliphatic hydroxyl groups excluding tert-OH is 1. The lowest BCUT2D eigenvalue weighted by atomic mass is 10.1. The summed E-state index contributed by atoms with van der Waals surface area (Å²) in [4.78, 5) is 17.3. The van der Waals surface area contributed by atoms with Crippen LogP contribution in [0.4, 0.5) is 0 Å². The predicted molar refractivity (Wildman–Crippen MR) is 140 cm³/mol. The number of carbonyl (C=O) groups is 1. The maximum atomic E-state index is 12.9. The molecule has 1 atom stereocenters. The fourth-order valence-electron chi connectivity index (χ4n) is 4.60. The van der Waals surface area contributed by atoms with Gasteiger partial charge in [0.15, 0.2) is 0 Å². The van der Waals surface area contributed by atoms with E-state index in [2.05, 4.69) is 9.55 Å². The van der Waals surface area contributed by atoms with Crippen LogP contribution in [0.15, 0.2) is 73.1 Å². The summed E-state index contributed by atoms with van der Waals surface area (Å²) in [5, 5.41) is 11.4. The summed E-state index contributed by atoms with van der Waals surface area (Å²) in [6.45, 7) is 6.52. The van der Waals surface area contributed by atoms with Gasteiger partial charge in [0.05, 0.1) is 41.6 Å². The van der Waals surface area contributed by atoms with Gasteiger partial charge in [-0.05, 0) is 63.2 Å². The third kappa shape index (κ3) is 4.45. The Kier molecular flexibility index (Phi) is 6.48. The third-order valence-electron chi connectivity index (χ3n) is 6.32. The summed E-state index contributed by atoms with van der Waals surface area (Å²) in [7, 11) is 0. The normalized spacial score (nSPS) is 12.2. The Bertz CT molecular complexity index is 1530. The Labute approximate surface area is 209 Å². The van der Waals surface area contributed by atoms with Crippen LogP contribution in [0.3, 0.4) is 0 Å². The first-order valence-corrected chi connectivity index (χ1v) is 12.1. The van der Waals surface area contributed by atoms with E-state index in [0.717, 1.165) is 38.9 Å². The monoisotopic (exact) mass is 483 g/mol. The van der Waals surface area contributed by atoms with Crippen molar-refractivity contribution in [2.75, 3.05) is 13.2 Å². The average Bonchev–Trinajstić information content (AvgIpc) is 3.41. The van der Waals surface area contributed by atoms with Crippen molar-refractivity contribution in [2.45, 2.75) is 33.4 Å². The van der Waals surface area contributed by atoms with E-state index in [0.29, 0.717) is 24.5 Å². The van der Waals surface area contributed by atoms with Gasteiger partial charge in [-0.1, -0.05) is 29.8 Å². The summed E-state index contributed by atoms with van der Waals surface area (Å²) < 4.78 is 15.3. The van der Waals surface area contributed by atoms with Crippen LogP contribution in [0.2, 0.25) is 0 Å². The first-order chi connectivity index (χ1) is 17.5. The van der Waals surface area contributed by atoms with Gasteiger partial charge in [-0.3, -0.25) is 0 Å². The van der Waals surface area contributed by atoms with Crippen molar-refractivity contribution in [1.29, 1.82) is 0 Å². The van der Waals surface area contributed by atoms with E-state index in [-0.39, 0.29) is 12.6 Å². The number of nitrogens with zero attached hydrogens (tertiary/aromatic N) is 3. The summed E-state index contributed by atoms with van der Waals surface area (Å²) in [5.41, 5.74) is 6.18. The van der Waals surface area contributed by atoms with Crippen molar-refractivity contribution < 1.29 is 19.4 Å². The number of esters is 1. The molecule has 36 heavy (non-hydrogen) atoms. The maximum absolute atomic E-state index is 12.9. The van der Waals surface area contributed by atoms with Gasteiger partial charge in [-0.2, -0.15) is 0 Å². The Balaban J connectivity index is 1.43. The average molecular weight is 484 g/mol. The third-order valence-corrected chi connectivity index (χ3v) is 6.32. The number of hydrogen-bond donors (Lipinski definition) is 1. The lowest BCUT2D eigenvalue weighted by Gasteiger charge is -2.14. The number of fused-ring (bicyclic) bond motifs is 2. The van der Waals surface area contributed by atoms with E-state index in [4.69, 9.17) is 9.47 Å². The van der Waals surface area contributed by atoms with Crippen LogP contribution in [0, 0.1) is 13.8 Å². The van der Waals surface area contributed by atoms with Crippen LogP contribution in [0.5, 0.6) is 5.75 Å². The molecule has 1 N–H and O–H groups in total. The largest absolute Gasteiger partial charge is 0.491 e. The van der Waals surface area contributed by atoms with Gasteiger partial charge in [0.25, 0.3) is 0 Å². The number of carbonyl (C=O) groups excluding carboxylic acids is 1. The fraction of sp³-hybridized carbons (Fsp3) is 0.241. The lowest BCUT2D eigenvalue weighted by Crippen LogP contribution is -2.23. The summed E-state index contributed by atoms with van der Waals surface area (Å²) in [6.07, 6.45) is 0.990. The van der Waals surface area contributed by atoms with Crippen LogP contribution >= 0.6 is 0 Å². The highest BCUT2D eigenvalue weighted by Crippen LogP contribution is 2.33. The van der Waals surface area contributed by atoms with Crippen LogP contribution < -0.4 is 4.74 Å². The lowest BCUT2D eigenvalue weighted by molar-refractivity contribution is 0.0527. The molecular weight excluding hydrogens is 454 g/mol. The predicted octanol–water partition coefficient (Wildman–Crippen LogP) is 5.21. The molecule has 0 spiro atoms. The second kappa shape index (κ2) is 9.87. The fourth-order valence-corrected chi connectivity index (χ4v) is 4.60. The van der Waals surface area contributed by atoms with Crippen molar-refractivity contribution in [3.05, 3.63) is 89.9 Å². The molecule has 0 saturated heterocycles. The molecule has 2 aromatic heterocycles. The minimum Gasteiger partial charge on any atom is -0.491 e. The highest BCUT2D eigenvalue weighted by atomic mass is 16.5. The molecule has 0 bridgehead atoms. The number of aliphatic hydroxyl groups is 1. The highest BCUT2D eigenvalue weighted by molar-refractivity contribution is 6.07. The topological polar surface area (TPSA) is 78.5 Å². The molecule has 5 aromatic rings. The Hall–Kier alpha value is -4.10. The summed E-state index contributed by atoms with van der Waals surface area (Å²) >= 11 is 0. The zero-order valence-corrected chi connectivity index (χ0v) is 20.6. The van der Waals surface area contributed by atoms with E-state index >= 15 is 0 Å². The quantitative estimate of drug-likeness (QED) is 0.307. The SMILES string of the molecule is CCOC(=O)c1c(C)n(-c2ccc(C)cc2)c2ccc(OCC(O)Cn3cnc4ccccc43)cc12. The van der Waals surface area contributed by atoms with E-state index < -0.39 is 6.10 Å². The number of imidazole rings is 1. The van der Waals surface area contributed by atoms with Crippen LogP contribution in [-0.4, -0.2) is 44.5 Å². The van der Waals surface area contributed by atoms with Crippen LogP contribution in [0.25, 0.3) is 27.6 Å². The van der Waals surface area contributed by atoms with Gasteiger partial charge in [-0.25, -0.2) is 9.78 Å². The molecule has 7 heteroatoms.